The van der Waals surface area contributed by atoms with Crippen molar-refractivity contribution in [3.8, 4) is 11.5 Å². The van der Waals surface area contributed by atoms with Gasteiger partial charge < -0.3 is 49.0 Å². The number of phenols is 1. The van der Waals surface area contributed by atoms with Gasteiger partial charge in [-0.25, -0.2) is 14.4 Å². The molecule has 0 amide bonds. The number of carboxylic acids is 2. The van der Waals surface area contributed by atoms with Crippen molar-refractivity contribution < 1.29 is 72.9 Å². The Bertz CT molecular complexity index is 1520. The molecule has 0 radical (unpaired) electrons. The summed E-state index contributed by atoms with van der Waals surface area (Å²) in [7, 11) is 1.88. The van der Waals surface area contributed by atoms with Crippen LogP contribution < -0.4 is 4.74 Å². The summed E-state index contributed by atoms with van der Waals surface area (Å²) in [5.74, 6) is -9.12. The number of carbonyl (C=O) groups is 6. The largest absolute Gasteiger partial charge is 0.504 e. The summed E-state index contributed by atoms with van der Waals surface area (Å²) in [6, 6.07) is 2.87. The van der Waals surface area contributed by atoms with Crippen molar-refractivity contribution in [2.75, 3.05) is 13.6 Å². The van der Waals surface area contributed by atoms with Gasteiger partial charge in [0.15, 0.2) is 17.6 Å². The number of nitrogens with zero attached hydrogens (tertiary/aromatic N) is 1. The van der Waals surface area contributed by atoms with Crippen LogP contribution in [0.2, 0.25) is 0 Å². The quantitative estimate of drug-likeness (QED) is 0.189. The van der Waals surface area contributed by atoms with Gasteiger partial charge in [-0.2, -0.15) is 0 Å². The number of hydrogen-bond acceptors (Lipinski definition) is 14. The Morgan fingerprint density at radius 1 is 1.02 bits per heavy atom. The molecule has 16 heteroatoms. The highest BCUT2D eigenvalue weighted by molar-refractivity contribution is 5.91. The molecule has 2 aliphatic heterocycles. The first kappa shape index (κ1) is 31.7. The van der Waals surface area contributed by atoms with E-state index in [2.05, 4.69) is 0 Å². The Balaban J connectivity index is 1.49. The van der Waals surface area contributed by atoms with Crippen LogP contribution in [0.25, 0.3) is 0 Å². The number of esters is 4. The first-order chi connectivity index (χ1) is 21.1. The molecule has 4 N–H and O–H groups in total. The lowest BCUT2D eigenvalue weighted by Gasteiger charge is -2.61. The highest BCUT2D eigenvalue weighted by atomic mass is 16.6. The third kappa shape index (κ3) is 5.12. The second-order valence-electron chi connectivity index (χ2n) is 11.4. The Labute approximate surface area is 255 Å². The summed E-state index contributed by atoms with van der Waals surface area (Å²) in [6.07, 6.45) is -7.07. The van der Waals surface area contributed by atoms with Gasteiger partial charge >= 0.3 is 35.8 Å². The number of phenolic OH excluding ortho intramolecular Hbond substituents is 1. The smallest absolute Gasteiger partial charge is 0.357 e. The third-order valence-corrected chi connectivity index (χ3v) is 8.79. The number of rotatable bonds is 10. The summed E-state index contributed by atoms with van der Waals surface area (Å²) < 4.78 is 26.5. The monoisotopic (exact) mass is 633 g/mol. The molecule has 0 unspecified atom stereocenters. The highest BCUT2D eigenvalue weighted by Gasteiger charge is 2.72. The topological polar surface area (TPSA) is 233 Å². The lowest BCUT2D eigenvalue weighted by atomic mass is 9.50. The van der Waals surface area contributed by atoms with E-state index in [9.17, 15) is 44.1 Å². The molecule has 0 aromatic heterocycles. The van der Waals surface area contributed by atoms with Gasteiger partial charge in [-0.05, 0) is 44.1 Å². The molecule has 1 aromatic rings. The van der Waals surface area contributed by atoms with Crippen molar-refractivity contribution in [1.82, 2.24) is 4.90 Å². The van der Waals surface area contributed by atoms with Crippen molar-refractivity contribution >= 4 is 35.8 Å². The van der Waals surface area contributed by atoms with Crippen LogP contribution in [0.1, 0.15) is 44.2 Å². The van der Waals surface area contributed by atoms with Gasteiger partial charge in [0.1, 0.15) is 5.76 Å². The van der Waals surface area contributed by atoms with Crippen LogP contribution in [0.4, 0.5) is 0 Å². The van der Waals surface area contributed by atoms with E-state index in [-0.39, 0.29) is 29.7 Å². The van der Waals surface area contributed by atoms with E-state index in [4.69, 9.17) is 28.8 Å². The number of piperidine rings is 1. The van der Waals surface area contributed by atoms with Crippen LogP contribution in [0.5, 0.6) is 11.5 Å². The SMILES string of the molecule is CC(=O)O[C@@H](C(=O)OC1=CC[C@@]2(O)[C@@H]3Cc4ccc(O)c5c4[C@@]2(CCN3C)[C@H]1O5)[C@@H](OC(C)=O)C(=O)O[C@H](CC(=O)O)C(=O)O. The molecule has 2 aliphatic carbocycles. The minimum Gasteiger partial charge on any atom is -0.504 e. The molecule has 5 rings (SSSR count). The zero-order chi connectivity index (χ0) is 33.0. The molecule has 7 atom stereocenters. The van der Waals surface area contributed by atoms with E-state index >= 15 is 0 Å². The number of ether oxygens (including phenoxy) is 5. The van der Waals surface area contributed by atoms with E-state index < -0.39 is 77.7 Å². The second-order valence-corrected chi connectivity index (χ2v) is 11.4. The lowest BCUT2D eigenvalue weighted by Crippen LogP contribution is -2.74. The van der Waals surface area contributed by atoms with Crippen LogP contribution >= 0.6 is 0 Å². The number of aliphatic hydroxyl groups is 1. The van der Waals surface area contributed by atoms with Gasteiger partial charge in [-0.1, -0.05) is 6.07 Å². The average Bonchev–Trinajstić information content (AvgIpc) is 3.30. The maximum Gasteiger partial charge on any atom is 0.357 e. The van der Waals surface area contributed by atoms with Gasteiger partial charge in [0.2, 0.25) is 18.3 Å². The van der Waals surface area contributed by atoms with Gasteiger partial charge in [0, 0.05) is 31.9 Å². The molecular weight excluding hydrogens is 602 g/mol. The maximum absolute atomic E-state index is 13.6. The molecule has 45 heavy (non-hydrogen) atoms. The minimum absolute atomic E-state index is 0.0118. The molecular formula is C29H31NO15. The zero-order valence-corrected chi connectivity index (χ0v) is 24.4. The van der Waals surface area contributed by atoms with Crippen molar-refractivity contribution in [3.05, 3.63) is 35.1 Å². The van der Waals surface area contributed by atoms with Gasteiger partial charge in [-0.3, -0.25) is 14.4 Å². The van der Waals surface area contributed by atoms with Crippen LogP contribution in [-0.4, -0.2) is 111 Å². The van der Waals surface area contributed by atoms with Crippen LogP contribution in [0.15, 0.2) is 24.0 Å². The number of carbonyl (C=O) groups excluding carboxylic acids is 4. The van der Waals surface area contributed by atoms with E-state index in [1.54, 1.807) is 6.07 Å². The van der Waals surface area contributed by atoms with E-state index in [0.717, 1.165) is 19.4 Å². The number of aliphatic carboxylic acids is 2. The number of likely N-dealkylation sites (tertiary alicyclic amines) is 1. The standard InChI is InChI=1S/C29H31NO15/c1-12(31)41-22(23(42-13(2)32)27(39)44-17(25(36)37)11-19(34)35)26(38)43-16-6-7-29(40)18-10-14-4-5-15(33)21-20(14)28(29,24(16)45-21)8-9-30(18)3/h4-6,17-18,22-24,33,40H,7-11H2,1-3H3,(H,34,35)(H,36,37)/t17-,18+,22-,23-,24+,28+,29-/m1/s1. The molecule has 0 saturated carbocycles. The predicted octanol–water partition coefficient (Wildman–Crippen LogP) is -0.452. The number of hydrogen-bond donors (Lipinski definition) is 4. The van der Waals surface area contributed by atoms with Crippen LogP contribution in [0.3, 0.4) is 0 Å². The third-order valence-electron chi connectivity index (χ3n) is 8.79. The second kappa shape index (κ2) is 11.3. The summed E-state index contributed by atoms with van der Waals surface area (Å²) >= 11 is 0. The predicted molar refractivity (Wildman–Crippen MR) is 144 cm³/mol. The van der Waals surface area contributed by atoms with Gasteiger partial charge in [0.05, 0.1) is 17.4 Å². The van der Waals surface area contributed by atoms with Crippen LogP contribution in [0, 0.1) is 0 Å². The van der Waals surface area contributed by atoms with Gasteiger partial charge in [0.25, 0.3) is 0 Å². The molecule has 16 nitrogen and oxygen atoms in total. The Morgan fingerprint density at radius 2 is 1.67 bits per heavy atom. The number of benzene rings is 1. The van der Waals surface area contributed by atoms with E-state index in [0.29, 0.717) is 24.9 Å². The van der Waals surface area contributed by atoms with Crippen molar-refractivity contribution in [2.24, 2.45) is 0 Å². The Morgan fingerprint density at radius 3 is 2.27 bits per heavy atom. The summed E-state index contributed by atoms with van der Waals surface area (Å²) in [6.45, 7) is 2.25. The first-order valence-electron chi connectivity index (χ1n) is 14.0. The summed E-state index contributed by atoms with van der Waals surface area (Å²) in [5, 5.41) is 41.2. The van der Waals surface area contributed by atoms with Gasteiger partial charge in [-0.15, -0.1) is 0 Å². The van der Waals surface area contributed by atoms with Crippen molar-refractivity contribution in [2.45, 2.75) is 81.0 Å². The average molecular weight is 634 g/mol. The molecule has 4 aliphatic rings. The molecule has 1 saturated heterocycles. The fraction of sp³-hybridized carbons (Fsp3) is 0.517. The van der Waals surface area contributed by atoms with E-state index in [1.807, 2.05) is 11.9 Å². The Kier molecular flexibility index (Phi) is 7.99. The Hall–Kier alpha value is -4.70. The summed E-state index contributed by atoms with van der Waals surface area (Å²) in [4.78, 5) is 75.1. The fourth-order valence-electron chi connectivity index (χ4n) is 6.98. The normalized spacial score (nSPS) is 27.8. The van der Waals surface area contributed by atoms with E-state index in [1.165, 1.54) is 12.1 Å². The summed E-state index contributed by atoms with van der Waals surface area (Å²) in [5.41, 5.74) is -1.13. The first-order valence-corrected chi connectivity index (χ1v) is 14.0. The number of likely N-dealkylation sites (N-methyl/N-ethyl adjacent to an activating group) is 1. The number of aromatic hydroxyl groups is 1. The molecule has 1 fully saturated rings. The number of carboxylic acid groups (broad SMARTS) is 2. The zero-order valence-electron chi connectivity index (χ0n) is 24.4. The van der Waals surface area contributed by atoms with Crippen LogP contribution in [-0.2, 0) is 59.6 Å². The minimum atomic E-state index is -2.39. The van der Waals surface area contributed by atoms with Crippen molar-refractivity contribution in [3.63, 3.8) is 0 Å². The van der Waals surface area contributed by atoms with Crippen molar-refractivity contribution in [1.29, 1.82) is 0 Å². The lowest BCUT2D eigenvalue weighted by molar-refractivity contribution is -0.195. The fourth-order valence-corrected chi connectivity index (χ4v) is 6.98. The molecule has 242 valence electrons. The molecule has 2 bridgehead atoms. The molecule has 1 spiro atoms. The molecule has 1 aromatic carbocycles. The maximum atomic E-state index is 13.6. The highest BCUT2D eigenvalue weighted by Crippen LogP contribution is 2.65. The molecule has 2 heterocycles.